The van der Waals surface area contributed by atoms with Crippen LogP contribution in [0, 0.1) is 12.8 Å². The van der Waals surface area contributed by atoms with E-state index in [1.807, 2.05) is 41.3 Å². The van der Waals surface area contributed by atoms with E-state index in [1.54, 1.807) is 18.6 Å². The van der Waals surface area contributed by atoms with Crippen LogP contribution in [0.25, 0.3) is 22.4 Å². The van der Waals surface area contributed by atoms with Crippen LogP contribution in [0.15, 0.2) is 36.8 Å². The standard InChI is InChI=1S/C28H34N8O4S/c1-17-30-26-21(14-24(33-28(37)18-8-9-18)32-27(26)36(17)25-7-5-6-12-40-25)31-20-11-10-19(23-15-29-16-34(23)2)13-22(20)35(3)41(4,38)39/h10-11,13-16,18,25H,5-9,12H2,1-4H3,(H2,31,32,33,37). The van der Waals surface area contributed by atoms with Gasteiger partial charge in [-0.3, -0.25) is 13.7 Å². The van der Waals surface area contributed by atoms with Crippen molar-refractivity contribution >= 4 is 50.0 Å². The maximum absolute atomic E-state index is 12.7. The van der Waals surface area contributed by atoms with Gasteiger partial charge in [-0.15, -0.1) is 0 Å². The molecule has 6 rings (SSSR count). The smallest absolute Gasteiger partial charge is 0.232 e. The summed E-state index contributed by atoms with van der Waals surface area (Å²) in [5, 5.41) is 6.39. The Morgan fingerprint density at radius 2 is 1.93 bits per heavy atom. The van der Waals surface area contributed by atoms with Crippen molar-refractivity contribution in [2.75, 3.05) is 34.8 Å². The zero-order valence-electron chi connectivity index (χ0n) is 23.6. The van der Waals surface area contributed by atoms with Gasteiger partial charge >= 0.3 is 0 Å². The molecule has 1 unspecified atom stereocenters. The summed E-state index contributed by atoms with van der Waals surface area (Å²) in [6, 6.07) is 7.31. The number of carbonyl (C=O) groups is 1. The van der Waals surface area contributed by atoms with Gasteiger partial charge in [0.1, 0.15) is 23.4 Å². The van der Waals surface area contributed by atoms with Gasteiger partial charge in [0.15, 0.2) is 5.65 Å². The Morgan fingerprint density at radius 1 is 1.12 bits per heavy atom. The Labute approximate surface area is 238 Å². The minimum Gasteiger partial charge on any atom is -0.358 e. The first-order valence-electron chi connectivity index (χ1n) is 13.7. The second-order valence-electron chi connectivity index (χ2n) is 10.8. The molecule has 0 radical (unpaired) electrons. The maximum atomic E-state index is 12.7. The quantitative estimate of drug-likeness (QED) is 0.315. The van der Waals surface area contributed by atoms with Crippen LogP contribution < -0.4 is 14.9 Å². The lowest BCUT2D eigenvalue weighted by Crippen LogP contribution is -2.25. The van der Waals surface area contributed by atoms with Crippen molar-refractivity contribution in [3.63, 3.8) is 0 Å². The number of aryl methyl sites for hydroxylation is 2. The molecule has 4 aromatic rings. The number of ether oxygens (including phenoxy) is 1. The number of amides is 1. The molecule has 13 heteroatoms. The van der Waals surface area contributed by atoms with Gasteiger partial charge < -0.3 is 19.9 Å². The van der Waals surface area contributed by atoms with Crippen molar-refractivity contribution in [2.24, 2.45) is 13.0 Å². The van der Waals surface area contributed by atoms with Crippen LogP contribution in [0.4, 0.5) is 22.9 Å². The van der Waals surface area contributed by atoms with E-state index in [2.05, 4.69) is 15.6 Å². The SMILES string of the molecule is Cc1nc2c(Nc3ccc(-c4cncn4C)cc3N(C)S(C)(=O)=O)cc(NC(=O)C3CC3)nc2n1C1CCCCO1. The Hall–Kier alpha value is -3.97. The molecule has 0 spiro atoms. The number of rotatable bonds is 8. The number of nitrogens with one attached hydrogen (secondary N) is 2. The fraction of sp³-hybridized carbons (Fsp3) is 0.429. The van der Waals surface area contributed by atoms with Gasteiger partial charge in [0.25, 0.3) is 0 Å². The fourth-order valence-corrected chi connectivity index (χ4v) is 5.70. The summed E-state index contributed by atoms with van der Waals surface area (Å²) in [6.45, 7) is 2.58. The molecule has 1 atom stereocenters. The lowest BCUT2D eigenvalue weighted by molar-refractivity contribution is -0.117. The number of imidazole rings is 2. The molecule has 2 N–H and O–H groups in total. The van der Waals surface area contributed by atoms with Crippen molar-refractivity contribution in [1.82, 2.24) is 24.1 Å². The number of hydrogen-bond acceptors (Lipinski definition) is 8. The minimum atomic E-state index is -3.59. The van der Waals surface area contributed by atoms with Gasteiger partial charge in [-0.2, -0.15) is 0 Å². The number of carbonyl (C=O) groups excluding carboxylic acids is 1. The summed E-state index contributed by atoms with van der Waals surface area (Å²) < 4.78 is 36.5. The highest BCUT2D eigenvalue weighted by Crippen LogP contribution is 2.38. The van der Waals surface area contributed by atoms with Crippen LogP contribution >= 0.6 is 0 Å². The van der Waals surface area contributed by atoms with E-state index < -0.39 is 10.0 Å². The van der Waals surface area contributed by atoms with Crippen molar-refractivity contribution in [2.45, 2.75) is 45.3 Å². The molecule has 1 amide bonds. The predicted molar refractivity (Wildman–Crippen MR) is 158 cm³/mol. The zero-order chi connectivity index (χ0) is 28.9. The van der Waals surface area contributed by atoms with Gasteiger partial charge in [0.05, 0.1) is 41.5 Å². The van der Waals surface area contributed by atoms with Crippen molar-refractivity contribution < 1.29 is 17.9 Å². The number of pyridine rings is 1. The second-order valence-corrected chi connectivity index (χ2v) is 12.8. The van der Waals surface area contributed by atoms with Gasteiger partial charge in [-0.25, -0.2) is 23.4 Å². The van der Waals surface area contributed by atoms with Crippen LogP contribution in [-0.2, 0) is 26.6 Å². The number of fused-ring (bicyclic) bond motifs is 1. The summed E-state index contributed by atoms with van der Waals surface area (Å²) in [5.74, 6) is 1.09. The largest absolute Gasteiger partial charge is 0.358 e. The van der Waals surface area contributed by atoms with Crippen LogP contribution in [0.2, 0.25) is 0 Å². The molecule has 1 aliphatic heterocycles. The highest BCUT2D eigenvalue weighted by Gasteiger charge is 2.31. The second kappa shape index (κ2) is 10.5. The van der Waals surface area contributed by atoms with E-state index in [0.717, 1.165) is 49.2 Å². The average molecular weight is 579 g/mol. The van der Waals surface area contributed by atoms with Gasteiger partial charge in [-0.05, 0) is 51.2 Å². The molecule has 1 saturated carbocycles. The Kier molecular flexibility index (Phi) is 6.94. The zero-order valence-corrected chi connectivity index (χ0v) is 24.4. The number of hydrogen-bond donors (Lipinski definition) is 2. The van der Waals surface area contributed by atoms with Crippen molar-refractivity contribution in [1.29, 1.82) is 0 Å². The van der Waals surface area contributed by atoms with Crippen LogP contribution in [-0.4, -0.2) is 58.3 Å². The third kappa shape index (κ3) is 5.38. The first kappa shape index (κ1) is 27.2. The molecule has 41 heavy (non-hydrogen) atoms. The molecule has 1 aliphatic carbocycles. The molecule has 12 nitrogen and oxygen atoms in total. The fourth-order valence-electron chi connectivity index (χ4n) is 5.19. The third-order valence-corrected chi connectivity index (χ3v) is 8.88. The molecule has 1 saturated heterocycles. The number of sulfonamides is 1. The van der Waals surface area contributed by atoms with E-state index in [0.29, 0.717) is 40.7 Å². The molecule has 3 aromatic heterocycles. The van der Waals surface area contributed by atoms with Crippen molar-refractivity contribution in [3.8, 4) is 11.3 Å². The number of nitrogens with zero attached hydrogens (tertiary/aromatic N) is 6. The molecule has 2 aliphatic rings. The van der Waals surface area contributed by atoms with Crippen LogP contribution in [0.1, 0.15) is 44.2 Å². The van der Waals surface area contributed by atoms with Gasteiger partial charge in [0, 0.05) is 38.2 Å². The molecular weight excluding hydrogens is 544 g/mol. The normalized spacial score (nSPS) is 17.5. The molecule has 4 heterocycles. The van der Waals surface area contributed by atoms with Crippen LogP contribution in [0.3, 0.4) is 0 Å². The predicted octanol–water partition coefficient (Wildman–Crippen LogP) is 4.33. The van der Waals surface area contributed by atoms with E-state index in [9.17, 15) is 13.2 Å². The first-order valence-corrected chi connectivity index (χ1v) is 15.6. The Balaban J connectivity index is 1.48. The number of benzene rings is 1. The average Bonchev–Trinajstić information content (AvgIpc) is 3.62. The monoisotopic (exact) mass is 578 g/mol. The van der Waals surface area contributed by atoms with E-state index in [4.69, 9.17) is 14.7 Å². The topological polar surface area (TPSA) is 136 Å². The van der Waals surface area contributed by atoms with Crippen molar-refractivity contribution in [3.05, 3.63) is 42.6 Å². The van der Waals surface area contributed by atoms with Gasteiger partial charge in [0.2, 0.25) is 15.9 Å². The summed E-state index contributed by atoms with van der Waals surface area (Å²) in [4.78, 5) is 26.6. The van der Waals surface area contributed by atoms with E-state index in [1.165, 1.54) is 17.6 Å². The molecule has 1 aromatic carbocycles. The van der Waals surface area contributed by atoms with Crippen LogP contribution in [0.5, 0.6) is 0 Å². The lowest BCUT2D eigenvalue weighted by Gasteiger charge is -2.25. The Morgan fingerprint density at radius 3 is 2.59 bits per heavy atom. The molecule has 216 valence electrons. The lowest BCUT2D eigenvalue weighted by atomic mass is 10.1. The summed E-state index contributed by atoms with van der Waals surface area (Å²) >= 11 is 0. The van der Waals surface area contributed by atoms with E-state index >= 15 is 0 Å². The molecule has 0 bridgehead atoms. The highest BCUT2D eigenvalue weighted by molar-refractivity contribution is 7.92. The first-order chi connectivity index (χ1) is 19.6. The number of anilines is 4. The summed E-state index contributed by atoms with van der Waals surface area (Å²) in [6.07, 6.45) is 9.03. The number of aromatic nitrogens is 5. The maximum Gasteiger partial charge on any atom is 0.232 e. The summed E-state index contributed by atoms with van der Waals surface area (Å²) in [5.41, 5.74) is 4.45. The third-order valence-electron chi connectivity index (χ3n) is 7.68. The highest BCUT2D eigenvalue weighted by atomic mass is 32.2. The molecular formula is C28H34N8O4S. The van der Waals surface area contributed by atoms with Gasteiger partial charge in [-0.1, -0.05) is 6.07 Å². The Bertz CT molecular complexity index is 1740. The minimum absolute atomic E-state index is 0.00629. The molecule has 2 fully saturated rings. The van der Waals surface area contributed by atoms with E-state index in [-0.39, 0.29) is 18.1 Å². The summed E-state index contributed by atoms with van der Waals surface area (Å²) in [7, 11) is -0.185.